The Labute approximate surface area is 355 Å². The second-order valence-electron chi connectivity index (χ2n) is 18.7. The summed E-state index contributed by atoms with van der Waals surface area (Å²) in [6.07, 6.45) is 56.1. The van der Waals surface area contributed by atoms with Crippen molar-refractivity contribution in [3.8, 4) is 0 Å². The second-order valence-corrected chi connectivity index (χ2v) is 18.7. The van der Waals surface area contributed by atoms with E-state index in [0.29, 0.717) is 26.1 Å². The van der Waals surface area contributed by atoms with Crippen molar-refractivity contribution in [2.45, 2.75) is 302 Å². The highest BCUT2D eigenvalue weighted by Gasteiger charge is 2.62. The first-order valence-corrected chi connectivity index (χ1v) is 26.2. The Kier molecular flexibility index (Phi) is 34.6. The molecule has 0 radical (unpaired) electrons. The molecule has 0 spiro atoms. The predicted molar refractivity (Wildman–Crippen MR) is 243 cm³/mol. The van der Waals surface area contributed by atoms with E-state index < -0.39 is 11.5 Å². The van der Waals surface area contributed by atoms with Crippen molar-refractivity contribution >= 4 is 11.9 Å². The number of fused-ring (bicyclic) bond motifs is 2. The van der Waals surface area contributed by atoms with Crippen LogP contribution in [0, 0.1) is 5.92 Å². The van der Waals surface area contributed by atoms with E-state index in [2.05, 4.69) is 13.8 Å². The molecule has 57 heavy (non-hydrogen) atoms. The van der Waals surface area contributed by atoms with Crippen molar-refractivity contribution in [1.82, 2.24) is 0 Å². The molecule has 2 heterocycles. The molecule has 3 atom stereocenters. The van der Waals surface area contributed by atoms with Crippen molar-refractivity contribution in [3.05, 3.63) is 0 Å². The average Bonchev–Trinajstić information content (AvgIpc) is 3.83. The van der Waals surface area contributed by atoms with Gasteiger partial charge in [-0.25, -0.2) is 4.79 Å². The highest BCUT2D eigenvalue weighted by atomic mass is 16.6. The van der Waals surface area contributed by atoms with Gasteiger partial charge in [0.05, 0.1) is 25.2 Å². The lowest BCUT2D eigenvalue weighted by molar-refractivity contribution is -0.176. The Hall–Kier alpha value is -1.10. The Morgan fingerprint density at radius 3 is 1.00 bits per heavy atom. The number of esters is 2. The molecule has 3 unspecified atom stereocenters. The molecular weight excluding hydrogens is 705 g/mol. The molecule has 5 heteroatoms. The minimum Gasteiger partial charge on any atom is -0.465 e. The molecule has 2 fully saturated rings. The van der Waals surface area contributed by atoms with E-state index in [1.165, 1.54) is 231 Å². The van der Waals surface area contributed by atoms with E-state index in [9.17, 15) is 9.59 Å². The number of carbonyl (C=O) groups is 2. The molecule has 0 aromatic carbocycles. The van der Waals surface area contributed by atoms with E-state index in [4.69, 9.17) is 14.2 Å². The molecule has 5 nitrogen and oxygen atoms in total. The first-order valence-electron chi connectivity index (χ1n) is 26.2. The summed E-state index contributed by atoms with van der Waals surface area (Å²) in [4.78, 5) is 26.4. The third-order valence-electron chi connectivity index (χ3n) is 13.4. The third kappa shape index (κ3) is 26.7. The van der Waals surface area contributed by atoms with E-state index in [-0.39, 0.29) is 18.0 Å². The Bertz CT molecular complexity index is 905. The first-order chi connectivity index (χ1) is 28.1. The zero-order valence-electron chi connectivity index (χ0n) is 38.5. The standard InChI is InChI=1S/C52H98O5/c1-3-5-7-9-11-13-15-17-19-21-23-25-27-29-31-33-35-37-39-41-45-55-50(53)49-47-48-43-44-52(49,57-48)51(54)56-46-42-40-38-36-34-32-30-28-26-24-22-20-18-16-14-12-10-8-6-4-2/h48-49H,3-47H2,1-2H3. The summed E-state index contributed by atoms with van der Waals surface area (Å²) in [5.74, 6) is -1.10. The minimum absolute atomic E-state index is 0.0190. The van der Waals surface area contributed by atoms with Crippen LogP contribution in [-0.4, -0.2) is 36.9 Å². The maximum absolute atomic E-state index is 13.3. The average molecular weight is 803 g/mol. The number of unbranched alkanes of at least 4 members (excludes halogenated alkanes) is 38. The summed E-state index contributed by atoms with van der Waals surface area (Å²) in [5, 5.41) is 0. The molecule has 2 aliphatic heterocycles. The molecule has 0 aromatic rings. The number of ether oxygens (including phenoxy) is 3. The maximum atomic E-state index is 13.3. The van der Waals surface area contributed by atoms with E-state index in [1.54, 1.807) is 0 Å². The van der Waals surface area contributed by atoms with Gasteiger partial charge in [0.25, 0.3) is 0 Å². The SMILES string of the molecule is CCCCCCCCCCCCCCCCCCCCCCOC(=O)C1CC2CCC1(C(=O)OCCCCCCCCCCCCCCCCCCCCCC)O2. The smallest absolute Gasteiger partial charge is 0.339 e. The highest BCUT2D eigenvalue weighted by Crippen LogP contribution is 2.49. The molecule has 2 bridgehead atoms. The van der Waals surface area contributed by atoms with Gasteiger partial charge in [-0.2, -0.15) is 0 Å². The summed E-state index contributed by atoms with van der Waals surface area (Å²) in [5.41, 5.74) is -1.11. The van der Waals surface area contributed by atoms with Gasteiger partial charge in [-0.15, -0.1) is 0 Å². The Morgan fingerprint density at radius 2 is 0.702 bits per heavy atom. The van der Waals surface area contributed by atoms with Crippen LogP contribution in [0.4, 0.5) is 0 Å². The van der Waals surface area contributed by atoms with Gasteiger partial charge >= 0.3 is 11.9 Å². The van der Waals surface area contributed by atoms with Gasteiger partial charge in [0, 0.05) is 0 Å². The van der Waals surface area contributed by atoms with E-state index in [0.717, 1.165) is 32.1 Å². The summed E-state index contributed by atoms with van der Waals surface area (Å²) in [6.45, 7) is 5.46. The van der Waals surface area contributed by atoms with E-state index in [1.807, 2.05) is 0 Å². The molecule has 2 rings (SSSR count). The fraction of sp³-hybridized carbons (Fsp3) is 0.962. The lowest BCUT2D eigenvalue weighted by Crippen LogP contribution is -2.47. The monoisotopic (exact) mass is 803 g/mol. The fourth-order valence-electron chi connectivity index (χ4n) is 9.52. The molecule has 0 amide bonds. The van der Waals surface area contributed by atoms with Gasteiger partial charge in [0.15, 0.2) is 5.60 Å². The van der Waals surface area contributed by atoms with Crippen molar-refractivity contribution < 1.29 is 23.8 Å². The quantitative estimate of drug-likeness (QED) is 0.0453. The highest BCUT2D eigenvalue weighted by molar-refractivity contribution is 5.89. The zero-order chi connectivity index (χ0) is 40.8. The van der Waals surface area contributed by atoms with E-state index >= 15 is 0 Å². The normalized spacial score (nSPS) is 18.8. The van der Waals surface area contributed by atoms with Gasteiger partial charge in [0.1, 0.15) is 0 Å². The number of carbonyl (C=O) groups excluding carboxylic acids is 2. The van der Waals surface area contributed by atoms with Crippen LogP contribution in [0.1, 0.15) is 290 Å². The largest absolute Gasteiger partial charge is 0.465 e. The summed E-state index contributed by atoms with van der Waals surface area (Å²) in [7, 11) is 0. The van der Waals surface area contributed by atoms with Crippen LogP contribution < -0.4 is 0 Å². The van der Waals surface area contributed by atoms with Gasteiger partial charge in [0.2, 0.25) is 0 Å². The summed E-state index contributed by atoms with van der Waals surface area (Å²) in [6, 6.07) is 0. The number of hydrogen-bond acceptors (Lipinski definition) is 5. The van der Waals surface area contributed by atoms with Crippen LogP contribution in [0.15, 0.2) is 0 Å². The number of hydrogen-bond donors (Lipinski definition) is 0. The fourth-order valence-corrected chi connectivity index (χ4v) is 9.52. The second kappa shape index (κ2) is 37.9. The van der Waals surface area contributed by atoms with Gasteiger partial charge in [-0.05, 0) is 32.1 Å². The molecule has 2 saturated heterocycles. The molecule has 0 aromatic heterocycles. The molecular formula is C52H98O5. The first kappa shape index (κ1) is 52.0. The molecule has 336 valence electrons. The lowest BCUT2D eigenvalue weighted by atomic mass is 9.78. The van der Waals surface area contributed by atoms with Crippen molar-refractivity contribution in [2.24, 2.45) is 5.92 Å². The topological polar surface area (TPSA) is 61.8 Å². The van der Waals surface area contributed by atoms with Crippen molar-refractivity contribution in [1.29, 1.82) is 0 Å². The predicted octanol–water partition coefficient (Wildman–Crippen LogP) is 16.7. The van der Waals surface area contributed by atoms with Gasteiger partial charge in [-0.1, -0.05) is 258 Å². The van der Waals surface area contributed by atoms with Crippen LogP contribution in [0.3, 0.4) is 0 Å². The minimum atomic E-state index is -1.11. The molecule has 0 aliphatic carbocycles. The Morgan fingerprint density at radius 1 is 0.421 bits per heavy atom. The van der Waals surface area contributed by atoms with Crippen LogP contribution >= 0.6 is 0 Å². The maximum Gasteiger partial charge on any atom is 0.339 e. The van der Waals surface area contributed by atoms with Crippen molar-refractivity contribution in [2.75, 3.05) is 13.2 Å². The lowest BCUT2D eigenvalue weighted by Gasteiger charge is -2.29. The summed E-state index contributed by atoms with van der Waals surface area (Å²) < 4.78 is 17.6. The number of rotatable bonds is 44. The summed E-state index contributed by atoms with van der Waals surface area (Å²) >= 11 is 0. The van der Waals surface area contributed by atoms with Crippen LogP contribution in [-0.2, 0) is 23.8 Å². The zero-order valence-corrected chi connectivity index (χ0v) is 38.5. The third-order valence-corrected chi connectivity index (χ3v) is 13.4. The van der Waals surface area contributed by atoms with Crippen molar-refractivity contribution in [3.63, 3.8) is 0 Å². The van der Waals surface area contributed by atoms with Crippen LogP contribution in [0.25, 0.3) is 0 Å². The van der Waals surface area contributed by atoms with Crippen LogP contribution in [0.5, 0.6) is 0 Å². The Balaban J connectivity index is 1.35. The molecule has 0 N–H and O–H groups in total. The van der Waals surface area contributed by atoms with Gasteiger partial charge < -0.3 is 14.2 Å². The van der Waals surface area contributed by atoms with Crippen LogP contribution in [0.2, 0.25) is 0 Å². The van der Waals surface area contributed by atoms with Gasteiger partial charge in [-0.3, -0.25) is 4.79 Å². The molecule has 2 aliphatic rings. The molecule has 0 saturated carbocycles.